The SMILES string of the molecule is COc1cc(C(=O)N2CCNCC2c2cccc(Cl)c2)ccc1[N+](=O)[O-]. The zero-order valence-corrected chi connectivity index (χ0v) is 14.9. The third-order valence-electron chi connectivity index (χ3n) is 4.36. The van der Waals surface area contributed by atoms with Crippen LogP contribution in [0.3, 0.4) is 0 Å². The van der Waals surface area contributed by atoms with Crippen LogP contribution in [0.5, 0.6) is 5.75 Å². The van der Waals surface area contributed by atoms with Gasteiger partial charge in [0.05, 0.1) is 18.1 Å². The number of hydrogen-bond acceptors (Lipinski definition) is 5. The summed E-state index contributed by atoms with van der Waals surface area (Å²) < 4.78 is 5.07. The Kier molecular flexibility index (Phi) is 5.39. The maximum atomic E-state index is 13.1. The molecule has 8 heteroatoms. The van der Waals surface area contributed by atoms with Gasteiger partial charge >= 0.3 is 5.69 Å². The number of ether oxygens (including phenoxy) is 1. The number of amides is 1. The first kappa shape index (κ1) is 18.2. The van der Waals surface area contributed by atoms with Crippen molar-refractivity contribution in [1.82, 2.24) is 10.2 Å². The van der Waals surface area contributed by atoms with Crippen LogP contribution in [0.4, 0.5) is 5.69 Å². The van der Waals surface area contributed by atoms with E-state index in [0.717, 1.165) is 5.56 Å². The third-order valence-corrected chi connectivity index (χ3v) is 4.60. The monoisotopic (exact) mass is 375 g/mol. The highest BCUT2D eigenvalue weighted by Crippen LogP contribution is 2.30. The van der Waals surface area contributed by atoms with Crippen LogP contribution in [0.25, 0.3) is 0 Å². The van der Waals surface area contributed by atoms with E-state index in [0.29, 0.717) is 30.2 Å². The standard InChI is InChI=1S/C18H18ClN3O4/c1-26-17-10-13(5-6-15(17)22(24)25)18(23)21-8-7-20-11-16(21)12-3-2-4-14(19)9-12/h2-6,9-10,16,20H,7-8,11H2,1H3. The van der Waals surface area contributed by atoms with Crippen molar-refractivity contribution in [3.8, 4) is 5.75 Å². The number of halogens is 1. The van der Waals surface area contributed by atoms with Crippen molar-refractivity contribution in [2.45, 2.75) is 6.04 Å². The third kappa shape index (κ3) is 3.63. The van der Waals surface area contributed by atoms with Crippen molar-refractivity contribution in [3.05, 3.63) is 68.7 Å². The van der Waals surface area contributed by atoms with Crippen LogP contribution in [0.15, 0.2) is 42.5 Å². The molecule has 1 aliphatic heterocycles. The van der Waals surface area contributed by atoms with Gasteiger partial charge in [0.15, 0.2) is 5.75 Å². The Morgan fingerprint density at radius 3 is 2.85 bits per heavy atom. The summed E-state index contributed by atoms with van der Waals surface area (Å²) in [5, 5.41) is 14.9. The molecule has 1 fully saturated rings. The second kappa shape index (κ2) is 7.72. The lowest BCUT2D eigenvalue weighted by Gasteiger charge is -2.36. The summed E-state index contributed by atoms with van der Waals surface area (Å²) in [4.78, 5) is 25.3. The summed E-state index contributed by atoms with van der Waals surface area (Å²) in [5.74, 6) is -0.139. The van der Waals surface area contributed by atoms with E-state index in [9.17, 15) is 14.9 Å². The minimum Gasteiger partial charge on any atom is -0.490 e. The van der Waals surface area contributed by atoms with Gasteiger partial charge in [-0.3, -0.25) is 14.9 Å². The van der Waals surface area contributed by atoms with Crippen LogP contribution in [-0.4, -0.2) is 42.5 Å². The van der Waals surface area contributed by atoms with Crippen molar-refractivity contribution >= 4 is 23.2 Å². The average Bonchev–Trinajstić information content (AvgIpc) is 2.66. The van der Waals surface area contributed by atoms with Gasteiger partial charge in [-0.1, -0.05) is 23.7 Å². The van der Waals surface area contributed by atoms with Crippen LogP contribution < -0.4 is 10.1 Å². The van der Waals surface area contributed by atoms with Crippen molar-refractivity contribution in [2.75, 3.05) is 26.7 Å². The summed E-state index contributed by atoms with van der Waals surface area (Å²) in [5.41, 5.74) is 1.11. The number of rotatable bonds is 4. The van der Waals surface area contributed by atoms with E-state index in [-0.39, 0.29) is 23.4 Å². The lowest BCUT2D eigenvalue weighted by Crippen LogP contribution is -2.48. The Morgan fingerprint density at radius 2 is 2.15 bits per heavy atom. The number of carbonyl (C=O) groups is 1. The molecule has 2 aromatic rings. The van der Waals surface area contributed by atoms with Crippen molar-refractivity contribution in [2.24, 2.45) is 0 Å². The molecule has 1 N–H and O–H groups in total. The number of nitrogens with zero attached hydrogens (tertiary/aromatic N) is 2. The Balaban J connectivity index is 1.93. The summed E-state index contributed by atoms with van der Waals surface area (Å²) in [6.45, 7) is 1.80. The number of benzene rings is 2. The van der Waals surface area contributed by atoms with Crippen molar-refractivity contribution in [1.29, 1.82) is 0 Å². The fourth-order valence-electron chi connectivity index (χ4n) is 3.09. The highest BCUT2D eigenvalue weighted by Gasteiger charge is 2.29. The minimum absolute atomic E-state index is 0.0651. The largest absolute Gasteiger partial charge is 0.490 e. The molecule has 136 valence electrons. The molecular weight excluding hydrogens is 358 g/mol. The Labute approximate surface area is 155 Å². The molecule has 1 amide bonds. The van der Waals surface area contributed by atoms with Crippen LogP contribution in [-0.2, 0) is 0 Å². The van der Waals surface area contributed by atoms with Crippen LogP contribution in [0, 0.1) is 10.1 Å². The van der Waals surface area contributed by atoms with Gasteiger partial charge in [-0.15, -0.1) is 0 Å². The molecular formula is C18H18ClN3O4. The first-order valence-corrected chi connectivity index (χ1v) is 8.48. The van der Waals surface area contributed by atoms with Gasteiger partial charge in [0.1, 0.15) is 0 Å². The summed E-state index contributed by atoms with van der Waals surface area (Å²) in [6, 6.07) is 11.4. The Bertz CT molecular complexity index is 843. The maximum Gasteiger partial charge on any atom is 0.310 e. The molecule has 0 radical (unpaired) electrons. The Hall–Kier alpha value is -2.64. The molecule has 2 aromatic carbocycles. The molecule has 0 saturated carbocycles. The number of nitro benzene ring substituents is 1. The second-order valence-electron chi connectivity index (χ2n) is 5.92. The first-order valence-electron chi connectivity index (χ1n) is 8.11. The molecule has 1 heterocycles. The van der Waals surface area contributed by atoms with E-state index < -0.39 is 4.92 Å². The lowest BCUT2D eigenvalue weighted by atomic mass is 10.0. The molecule has 26 heavy (non-hydrogen) atoms. The fraction of sp³-hybridized carbons (Fsp3) is 0.278. The highest BCUT2D eigenvalue weighted by molar-refractivity contribution is 6.30. The summed E-state index contributed by atoms with van der Waals surface area (Å²) in [6.07, 6.45) is 0. The van der Waals surface area contributed by atoms with Gasteiger partial charge in [0, 0.05) is 42.4 Å². The number of carbonyl (C=O) groups excluding carboxylic acids is 1. The highest BCUT2D eigenvalue weighted by atomic mass is 35.5. The van der Waals surface area contributed by atoms with E-state index in [1.807, 2.05) is 18.2 Å². The van der Waals surface area contributed by atoms with E-state index in [1.165, 1.54) is 25.3 Å². The van der Waals surface area contributed by atoms with Gasteiger partial charge in [0.2, 0.25) is 0 Å². The van der Waals surface area contributed by atoms with Crippen LogP contribution in [0.2, 0.25) is 5.02 Å². The Morgan fingerprint density at radius 1 is 1.35 bits per heavy atom. The van der Waals surface area contributed by atoms with E-state index in [1.54, 1.807) is 11.0 Å². The van der Waals surface area contributed by atoms with Crippen molar-refractivity contribution in [3.63, 3.8) is 0 Å². The van der Waals surface area contributed by atoms with Crippen LogP contribution >= 0.6 is 11.6 Å². The number of methoxy groups -OCH3 is 1. The molecule has 0 aliphatic carbocycles. The number of nitrogens with one attached hydrogen (secondary N) is 1. The number of nitro groups is 1. The van der Waals surface area contributed by atoms with Crippen molar-refractivity contribution < 1.29 is 14.5 Å². The quantitative estimate of drug-likeness (QED) is 0.655. The molecule has 3 rings (SSSR count). The predicted octanol–water partition coefficient (Wildman–Crippen LogP) is 3.04. The molecule has 0 aromatic heterocycles. The van der Waals surface area contributed by atoms with Gasteiger partial charge < -0.3 is 15.0 Å². The predicted molar refractivity (Wildman–Crippen MR) is 97.7 cm³/mol. The molecule has 1 saturated heterocycles. The number of piperazine rings is 1. The summed E-state index contributed by atoms with van der Waals surface area (Å²) in [7, 11) is 1.34. The second-order valence-corrected chi connectivity index (χ2v) is 6.35. The normalized spacial score (nSPS) is 17.0. The summed E-state index contributed by atoms with van der Waals surface area (Å²) >= 11 is 6.09. The molecule has 0 bridgehead atoms. The maximum absolute atomic E-state index is 13.1. The number of hydrogen-bond donors (Lipinski definition) is 1. The smallest absolute Gasteiger partial charge is 0.310 e. The lowest BCUT2D eigenvalue weighted by molar-refractivity contribution is -0.385. The zero-order valence-electron chi connectivity index (χ0n) is 14.1. The van der Waals surface area contributed by atoms with E-state index in [4.69, 9.17) is 16.3 Å². The molecule has 1 unspecified atom stereocenters. The van der Waals surface area contributed by atoms with Gasteiger partial charge in [-0.05, 0) is 23.8 Å². The fourth-order valence-corrected chi connectivity index (χ4v) is 3.29. The van der Waals surface area contributed by atoms with E-state index >= 15 is 0 Å². The topological polar surface area (TPSA) is 84.7 Å². The molecule has 0 spiro atoms. The van der Waals surface area contributed by atoms with Gasteiger partial charge in [0.25, 0.3) is 5.91 Å². The average molecular weight is 376 g/mol. The first-order chi connectivity index (χ1) is 12.5. The van der Waals surface area contributed by atoms with Gasteiger partial charge in [-0.25, -0.2) is 0 Å². The van der Waals surface area contributed by atoms with Gasteiger partial charge in [-0.2, -0.15) is 0 Å². The zero-order chi connectivity index (χ0) is 18.7. The van der Waals surface area contributed by atoms with Crippen LogP contribution in [0.1, 0.15) is 22.0 Å². The molecule has 7 nitrogen and oxygen atoms in total. The molecule has 1 aliphatic rings. The minimum atomic E-state index is -0.535. The van der Waals surface area contributed by atoms with E-state index in [2.05, 4.69) is 5.32 Å². The molecule has 1 atom stereocenters.